The molecule has 0 saturated heterocycles. The lowest BCUT2D eigenvalue weighted by Crippen LogP contribution is -2.21. The summed E-state index contributed by atoms with van der Waals surface area (Å²) in [6.07, 6.45) is -3.05. The van der Waals surface area contributed by atoms with E-state index < -0.39 is 24.3 Å². The van der Waals surface area contributed by atoms with Gasteiger partial charge >= 0.3 is 24.3 Å². The molecule has 1 aliphatic heterocycles. The van der Waals surface area contributed by atoms with Gasteiger partial charge in [0.15, 0.2) is 10.8 Å². The van der Waals surface area contributed by atoms with Crippen molar-refractivity contribution in [2.75, 3.05) is 5.32 Å². The SMILES string of the molecule is O=C(O)C(F)(F)F.O=C(O)C(F)(F)F.c1cnc2c(c1)-c1nc(-c3nccs3)[nH]c1-c1ccncc1N2. The molecule has 0 saturated carbocycles. The van der Waals surface area contributed by atoms with Crippen molar-refractivity contribution in [2.45, 2.75) is 12.4 Å². The zero-order valence-corrected chi connectivity index (χ0v) is 18.6. The second-order valence-corrected chi connectivity index (χ2v) is 7.59. The van der Waals surface area contributed by atoms with Gasteiger partial charge in [-0.2, -0.15) is 26.3 Å². The number of aliphatic carboxylic acids is 2. The fraction of sp³-hybridized carbons (Fsp3) is 0.100. The maximum atomic E-state index is 10.6. The van der Waals surface area contributed by atoms with Gasteiger partial charge < -0.3 is 20.5 Å². The van der Waals surface area contributed by atoms with Gasteiger partial charge in [-0.15, -0.1) is 11.3 Å². The third-order valence-corrected chi connectivity index (χ3v) is 5.01. The first kappa shape index (κ1) is 27.1. The van der Waals surface area contributed by atoms with Crippen LogP contribution in [0.25, 0.3) is 33.3 Å². The van der Waals surface area contributed by atoms with E-state index in [0.29, 0.717) is 0 Å². The number of pyridine rings is 2. The van der Waals surface area contributed by atoms with E-state index in [-0.39, 0.29) is 0 Å². The number of alkyl halides is 6. The molecule has 17 heteroatoms. The van der Waals surface area contributed by atoms with Crippen LogP contribution in [0.15, 0.2) is 48.4 Å². The average molecular weight is 546 g/mol. The van der Waals surface area contributed by atoms with Gasteiger partial charge in [0.2, 0.25) is 0 Å². The zero-order chi connectivity index (χ0) is 27.4. The first-order valence-corrected chi connectivity index (χ1v) is 10.4. The summed E-state index contributed by atoms with van der Waals surface area (Å²) < 4.78 is 63.5. The van der Waals surface area contributed by atoms with Crippen LogP contribution in [0.2, 0.25) is 0 Å². The molecule has 4 aromatic heterocycles. The van der Waals surface area contributed by atoms with Crippen LogP contribution < -0.4 is 5.32 Å². The van der Waals surface area contributed by atoms with Crippen LogP contribution >= 0.6 is 11.3 Å². The number of thiazole rings is 1. The number of nitrogens with one attached hydrogen (secondary N) is 2. The molecule has 0 amide bonds. The number of aromatic amines is 1. The molecule has 0 fully saturated rings. The highest BCUT2D eigenvalue weighted by Crippen LogP contribution is 2.42. The number of carbonyl (C=O) groups is 2. The Labute approximate surface area is 205 Å². The first-order valence-electron chi connectivity index (χ1n) is 9.56. The van der Waals surface area contributed by atoms with Crippen molar-refractivity contribution < 1.29 is 46.1 Å². The number of nitrogens with zero attached hydrogens (tertiary/aromatic N) is 4. The summed E-state index contributed by atoms with van der Waals surface area (Å²) in [6.45, 7) is 0. The molecule has 0 unspecified atom stereocenters. The summed E-state index contributed by atoms with van der Waals surface area (Å²) in [5.41, 5.74) is 4.70. The number of carboxylic acid groups (broad SMARTS) is 2. The summed E-state index contributed by atoms with van der Waals surface area (Å²) in [7, 11) is 0. The summed E-state index contributed by atoms with van der Waals surface area (Å²) in [4.78, 5) is 39.0. The summed E-state index contributed by atoms with van der Waals surface area (Å²) >= 11 is 1.56. The van der Waals surface area contributed by atoms with E-state index in [1.165, 1.54) is 0 Å². The van der Waals surface area contributed by atoms with Crippen LogP contribution in [0.1, 0.15) is 0 Å². The molecule has 10 nitrogen and oxygen atoms in total. The van der Waals surface area contributed by atoms with Gasteiger partial charge in [-0.1, -0.05) is 0 Å². The van der Waals surface area contributed by atoms with Crippen molar-refractivity contribution in [3.63, 3.8) is 0 Å². The number of hydrogen-bond acceptors (Lipinski definition) is 8. The Morgan fingerprint density at radius 3 is 2.11 bits per heavy atom. The molecule has 0 atom stereocenters. The average Bonchev–Trinajstić information content (AvgIpc) is 3.48. The number of fused-ring (bicyclic) bond motifs is 5. The van der Waals surface area contributed by atoms with Crippen molar-refractivity contribution >= 4 is 34.8 Å². The summed E-state index contributed by atoms with van der Waals surface area (Å²) in [5, 5.41) is 20.4. The molecule has 5 heterocycles. The molecule has 4 aromatic rings. The lowest BCUT2D eigenvalue weighted by atomic mass is 10.1. The van der Waals surface area contributed by atoms with Gasteiger partial charge in [-0.3, -0.25) is 4.98 Å². The van der Waals surface area contributed by atoms with Crippen molar-refractivity contribution in [3.05, 3.63) is 48.4 Å². The Kier molecular flexibility index (Phi) is 7.76. The molecular weight excluding hydrogens is 534 g/mol. The number of H-pyrrole nitrogens is 1. The topological polar surface area (TPSA) is 154 Å². The molecule has 4 N–H and O–H groups in total. The van der Waals surface area contributed by atoms with Crippen molar-refractivity contribution in [2.24, 2.45) is 0 Å². The molecule has 0 spiro atoms. The predicted molar refractivity (Wildman–Crippen MR) is 117 cm³/mol. The van der Waals surface area contributed by atoms with Gasteiger partial charge in [-0.25, -0.2) is 24.5 Å². The van der Waals surface area contributed by atoms with Crippen LogP contribution in [0.5, 0.6) is 0 Å². The fourth-order valence-electron chi connectivity index (χ4n) is 2.74. The molecule has 1 aliphatic rings. The maximum absolute atomic E-state index is 10.6. The number of rotatable bonds is 1. The van der Waals surface area contributed by atoms with Crippen LogP contribution in [0.4, 0.5) is 37.8 Å². The Morgan fingerprint density at radius 1 is 0.892 bits per heavy atom. The quantitative estimate of drug-likeness (QED) is 0.213. The third kappa shape index (κ3) is 6.57. The fourth-order valence-corrected chi connectivity index (χ4v) is 3.32. The van der Waals surface area contributed by atoms with E-state index in [4.69, 9.17) is 24.8 Å². The van der Waals surface area contributed by atoms with Crippen molar-refractivity contribution in [1.29, 1.82) is 0 Å². The van der Waals surface area contributed by atoms with Gasteiger partial charge in [0.25, 0.3) is 0 Å². The molecular formula is C20H12F6N6O4S. The zero-order valence-electron chi connectivity index (χ0n) is 17.8. The number of hydrogen-bond donors (Lipinski definition) is 4. The number of imidazole rings is 1. The van der Waals surface area contributed by atoms with E-state index in [0.717, 1.165) is 44.9 Å². The van der Waals surface area contributed by atoms with Crippen LogP contribution in [0.3, 0.4) is 0 Å². The highest BCUT2D eigenvalue weighted by atomic mass is 32.1. The Hall–Kier alpha value is -4.54. The van der Waals surface area contributed by atoms with Crippen molar-refractivity contribution in [1.82, 2.24) is 24.9 Å². The normalized spacial score (nSPS) is 11.6. The molecule has 0 aliphatic carbocycles. The van der Waals surface area contributed by atoms with Gasteiger partial charge in [0, 0.05) is 35.1 Å². The number of carboxylic acids is 2. The monoisotopic (exact) mass is 546 g/mol. The Morgan fingerprint density at radius 2 is 1.54 bits per heavy atom. The van der Waals surface area contributed by atoms with Crippen LogP contribution in [-0.4, -0.2) is 59.4 Å². The second-order valence-electron chi connectivity index (χ2n) is 6.70. The number of aromatic nitrogens is 5. The minimum Gasteiger partial charge on any atom is -0.475 e. The number of anilines is 2. The van der Waals surface area contributed by atoms with E-state index in [2.05, 4.69) is 25.3 Å². The van der Waals surface area contributed by atoms with E-state index in [1.807, 2.05) is 23.6 Å². The van der Waals surface area contributed by atoms with Crippen molar-refractivity contribution in [3.8, 4) is 33.3 Å². The molecule has 37 heavy (non-hydrogen) atoms. The lowest BCUT2D eigenvalue weighted by molar-refractivity contribution is -0.193. The predicted octanol–water partition coefficient (Wildman–Crippen LogP) is 4.98. The van der Waals surface area contributed by atoms with E-state index in [1.54, 1.807) is 36.1 Å². The van der Waals surface area contributed by atoms with Crippen LogP contribution in [0, 0.1) is 0 Å². The largest absolute Gasteiger partial charge is 0.490 e. The molecule has 5 rings (SSSR count). The standard InChI is InChI=1S/C16H10N6S.2C2HF3O2/c1-2-10-13-12(21-15(22-13)16-19-6-7-23-16)9-3-5-17-8-11(9)20-14(10)18-4-1;2*3-2(4,5)1(6)7/h1-8H,(H,18,20)(H,21,22);2*(H,6,7). The van der Waals surface area contributed by atoms with E-state index in [9.17, 15) is 26.3 Å². The van der Waals surface area contributed by atoms with Crippen LogP contribution in [-0.2, 0) is 9.59 Å². The minimum absolute atomic E-state index is 0.768. The summed E-state index contributed by atoms with van der Waals surface area (Å²) in [5.74, 6) is -3.97. The van der Waals surface area contributed by atoms with Gasteiger partial charge in [0.05, 0.1) is 17.6 Å². The molecule has 0 aromatic carbocycles. The highest BCUT2D eigenvalue weighted by Gasteiger charge is 2.38. The lowest BCUT2D eigenvalue weighted by Gasteiger charge is -2.07. The molecule has 0 bridgehead atoms. The molecule has 194 valence electrons. The van der Waals surface area contributed by atoms with Gasteiger partial charge in [-0.05, 0) is 18.2 Å². The Balaban J connectivity index is 0.000000227. The second kappa shape index (κ2) is 10.6. The smallest absolute Gasteiger partial charge is 0.475 e. The minimum atomic E-state index is -5.08. The first-order chi connectivity index (χ1) is 17.3. The highest BCUT2D eigenvalue weighted by molar-refractivity contribution is 7.13. The Bertz CT molecular complexity index is 1320. The number of halogens is 6. The third-order valence-electron chi connectivity index (χ3n) is 4.23. The molecule has 0 radical (unpaired) electrons. The van der Waals surface area contributed by atoms with E-state index >= 15 is 0 Å². The summed E-state index contributed by atoms with van der Waals surface area (Å²) in [6, 6.07) is 5.90. The van der Waals surface area contributed by atoms with Gasteiger partial charge in [0.1, 0.15) is 11.5 Å². The maximum Gasteiger partial charge on any atom is 0.490 e.